The summed E-state index contributed by atoms with van der Waals surface area (Å²) in [6, 6.07) is 2.27. The summed E-state index contributed by atoms with van der Waals surface area (Å²) in [5.74, 6) is 0.211. The van der Waals surface area contributed by atoms with Crippen LogP contribution < -0.4 is 0 Å². The molecule has 3 nitrogen and oxygen atoms in total. The number of hydrogen-bond acceptors (Lipinski definition) is 3. The summed E-state index contributed by atoms with van der Waals surface area (Å²) in [6.07, 6.45) is 1.50. The van der Waals surface area contributed by atoms with Crippen LogP contribution in [-0.4, -0.2) is 33.8 Å². The van der Waals surface area contributed by atoms with Crippen LogP contribution in [0.2, 0.25) is 0 Å². The summed E-state index contributed by atoms with van der Waals surface area (Å²) in [5, 5.41) is 18.1. The lowest BCUT2D eigenvalue weighted by Crippen LogP contribution is -2.42. The van der Waals surface area contributed by atoms with E-state index in [1.165, 1.54) is 0 Å². The third-order valence-electron chi connectivity index (χ3n) is 2.27. The maximum Gasteiger partial charge on any atom is 0.116 e. The van der Waals surface area contributed by atoms with Gasteiger partial charge in [0.2, 0.25) is 0 Å². The van der Waals surface area contributed by atoms with E-state index in [2.05, 4.69) is 28.7 Å². The van der Waals surface area contributed by atoms with Crippen molar-refractivity contribution in [1.29, 1.82) is 5.26 Å². The summed E-state index contributed by atoms with van der Waals surface area (Å²) >= 11 is 2.17. The molecule has 0 aromatic carbocycles. The molecule has 0 saturated carbocycles. The molecule has 0 amide bonds. The van der Waals surface area contributed by atoms with E-state index in [4.69, 9.17) is 5.26 Å². The van der Waals surface area contributed by atoms with E-state index in [0.717, 1.165) is 30.4 Å². The van der Waals surface area contributed by atoms with Crippen molar-refractivity contribution in [3.05, 3.63) is 0 Å². The molecule has 0 aromatic rings. The maximum absolute atomic E-state index is 9.48. The molecule has 68 valence electrons. The molecule has 1 rings (SSSR count). The van der Waals surface area contributed by atoms with Crippen molar-refractivity contribution in [2.45, 2.75) is 19.1 Å². The van der Waals surface area contributed by atoms with Gasteiger partial charge in [0, 0.05) is 23.4 Å². The molecule has 0 spiro atoms. The van der Waals surface area contributed by atoms with Gasteiger partial charge in [-0.05, 0) is 12.8 Å². The average molecular weight is 280 g/mol. The molecular weight excluding hydrogens is 267 g/mol. The Bertz CT molecular complexity index is 172. The minimum Gasteiger partial charge on any atom is -0.378 e. The third-order valence-corrected chi connectivity index (χ3v) is 3.06. The Morgan fingerprint density at radius 1 is 1.58 bits per heavy atom. The van der Waals surface area contributed by atoms with Crippen molar-refractivity contribution in [3.8, 4) is 6.07 Å². The molecule has 1 heterocycles. The van der Waals surface area contributed by atoms with E-state index in [-0.39, 0.29) is 12.1 Å². The first-order valence-corrected chi connectivity index (χ1v) is 5.68. The van der Waals surface area contributed by atoms with Crippen LogP contribution in [0.1, 0.15) is 12.8 Å². The fourth-order valence-corrected chi connectivity index (χ4v) is 1.98. The van der Waals surface area contributed by atoms with Crippen molar-refractivity contribution in [1.82, 2.24) is 4.90 Å². The van der Waals surface area contributed by atoms with Gasteiger partial charge >= 0.3 is 0 Å². The number of nitrogens with zero attached hydrogens (tertiary/aromatic N) is 2. The number of hydrogen-bond donors (Lipinski definition) is 1. The fourth-order valence-electron chi connectivity index (χ4n) is 1.42. The number of likely N-dealkylation sites (tertiary alicyclic amines) is 1. The molecule has 1 saturated heterocycles. The maximum atomic E-state index is 9.48. The number of rotatable bonds is 2. The van der Waals surface area contributed by atoms with Gasteiger partial charge in [-0.15, -0.1) is 0 Å². The minimum absolute atomic E-state index is 0.211. The van der Waals surface area contributed by atoms with Crippen molar-refractivity contribution in [2.75, 3.05) is 17.5 Å². The lowest BCUT2D eigenvalue weighted by molar-refractivity contribution is 0.00682. The molecule has 1 N–H and O–H groups in total. The highest BCUT2D eigenvalue weighted by Crippen LogP contribution is 2.17. The van der Waals surface area contributed by atoms with Gasteiger partial charge in [-0.25, -0.2) is 0 Å². The first-order chi connectivity index (χ1) is 5.77. The summed E-state index contributed by atoms with van der Waals surface area (Å²) in [5.41, 5.74) is 0. The molecule has 0 bridgehead atoms. The average Bonchev–Trinajstić information content (AvgIpc) is 2.17. The second-order valence-electron chi connectivity index (χ2n) is 3.07. The van der Waals surface area contributed by atoms with Crippen LogP contribution in [0.25, 0.3) is 0 Å². The van der Waals surface area contributed by atoms with E-state index in [0.29, 0.717) is 0 Å². The molecule has 1 unspecified atom stereocenters. The van der Waals surface area contributed by atoms with Gasteiger partial charge in [0.15, 0.2) is 0 Å². The van der Waals surface area contributed by atoms with Crippen LogP contribution in [-0.2, 0) is 0 Å². The number of nitriles is 1. The van der Waals surface area contributed by atoms with Gasteiger partial charge in [0.1, 0.15) is 6.23 Å². The van der Waals surface area contributed by atoms with Gasteiger partial charge in [-0.3, -0.25) is 4.90 Å². The SMILES string of the molecule is N#CC1CCN(C(O)CI)CC1. The van der Waals surface area contributed by atoms with Gasteiger partial charge in [-0.1, -0.05) is 22.6 Å². The molecule has 0 aromatic heterocycles. The molecule has 1 fully saturated rings. The molecule has 1 atom stereocenters. The first kappa shape index (κ1) is 10.2. The molecule has 4 heteroatoms. The van der Waals surface area contributed by atoms with E-state index in [1.807, 2.05) is 4.90 Å². The van der Waals surface area contributed by atoms with Crippen LogP contribution >= 0.6 is 22.6 Å². The number of piperidine rings is 1. The molecule has 0 aliphatic carbocycles. The molecule has 12 heavy (non-hydrogen) atoms. The second-order valence-corrected chi connectivity index (χ2v) is 3.96. The van der Waals surface area contributed by atoms with Crippen LogP contribution in [0.4, 0.5) is 0 Å². The van der Waals surface area contributed by atoms with Crippen molar-refractivity contribution >= 4 is 22.6 Å². The van der Waals surface area contributed by atoms with Crippen LogP contribution in [0, 0.1) is 17.2 Å². The topological polar surface area (TPSA) is 47.3 Å². The van der Waals surface area contributed by atoms with Crippen molar-refractivity contribution < 1.29 is 5.11 Å². The highest BCUT2D eigenvalue weighted by molar-refractivity contribution is 14.1. The predicted octanol–water partition coefficient (Wildman–Crippen LogP) is 0.975. The predicted molar refractivity (Wildman–Crippen MR) is 54.8 cm³/mol. The van der Waals surface area contributed by atoms with Crippen LogP contribution in [0.5, 0.6) is 0 Å². The van der Waals surface area contributed by atoms with E-state index >= 15 is 0 Å². The van der Waals surface area contributed by atoms with E-state index in [1.54, 1.807) is 0 Å². The minimum atomic E-state index is -0.315. The highest BCUT2D eigenvalue weighted by atomic mass is 127. The van der Waals surface area contributed by atoms with E-state index in [9.17, 15) is 5.11 Å². The van der Waals surface area contributed by atoms with E-state index < -0.39 is 0 Å². The Labute approximate surface area is 86.5 Å². The summed E-state index contributed by atoms with van der Waals surface area (Å²) in [7, 11) is 0. The van der Waals surface area contributed by atoms with Crippen molar-refractivity contribution in [3.63, 3.8) is 0 Å². The Balaban J connectivity index is 2.31. The largest absolute Gasteiger partial charge is 0.378 e. The first-order valence-electron chi connectivity index (χ1n) is 4.15. The summed E-state index contributed by atoms with van der Waals surface area (Å²) < 4.78 is 0.745. The van der Waals surface area contributed by atoms with Crippen LogP contribution in [0.3, 0.4) is 0 Å². The standard InChI is InChI=1S/C8H13IN2O/c9-5-8(12)11-3-1-7(6-10)2-4-11/h7-8,12H,1-5H2. The van der Waals surface area contributed by atoms with Crippen molar-refractivity contribution in [2.24, 2.45) is 5.92 Å². The summed E-state index contributed by atoms with van der Waals surface area (Å²) in [6.45, 7) is 1.73. The van der Waals surface area contributed by atoms with Crippen LogP contribution in [0.15, 0.2) is 0 Å². The Hall–Kier alpha value is 0.140. The third kappa shape index (κ3) is 2.57. The number of aliphatic hydroxyl groups is 1. The molecule has 1 aliphatic rings. The zero-order chi connectivity index (χ0) is 8.97. The smallest absolute Gasteiger partial charge is 0.116 e. The van der Waals surface area contributed by atoms with Gasteiger partial charge in [0.05, 0.1) is 6.07 Å². The zero-order valence-electron chi connectivity index (χ0n) is 6.91. The fraction of sp³-hybridized carbons (Fsp3) is 0.875. The monoisotopic (exact) mass is 280 g/mol. The van der Waals surface area contributed by atoms with Gasteiger partial charge in [0.25, 0.3) is 0 Å². The lowest BCUT2D eigenvalue weighted by atomic mass is 9.99. The molecule has 1 aliphatic heterocycles. The normalized spacial score (nSPS) is 23.4. The Morgan fingerprint density at radius 2 is 2.17 bits per heavy atom. The van der Waals surface area contributed by atoms with Gasteiger partial charge < -0.3 is 5.11 Å². The number of aliphatic hydroxyl groups excluding tert-OH is 1. The summed E-state index contributed by atoms with van der Waals surface area (Å²) in [4.78, 5) is 2.04. The highest BCUT2D eigenvalue weighted by Gasteiger charge is 2.22. The van der Waals surface area contributed by atoms with Gasteiger partial charge in [-0.2, -0.15) is 5.26 Å². The number of halogens is 1. The number of alkyl halides is 1. The lowest BCUT2D eigenvalue weighted by Gasteiger charge is -2.31. The zero-order valence-corrected chi connectivity index (χ0v) is 9.07. The Morgan fingerprint density at radius 3 is 2.58 bits per heavy atom. The quantitative estimate of drug-likeness (QED) is 0.606. The Kier molecular flexibility index (Phi) is 4.26. The molecule has 0 radical (unpaired) electrons. The second kappa shape index (κ2) is 5.00. The molecular formula is C8H13IN2O.